The molecule has 0 unspecified atom stereocenters. The molecule has 0 aliphatic heterocycles. The van der Waals surface area contributed by atoms with Gasteiger partial charge in [-0.3, -0.25) is 0 Å². The van der Waals surface area contributed by atoms with Gasteiger partial charge in [0.05, 0.1) is 21.3 Å². The fourth-order valence-corrected chi connectivity index (χ4v) is 4.62. The summed E-state index contributed by atoms with van der Waals surface area (Å²) in [5.74, 6) is 1.12. The molecule has 0 saturated heterocycles. The van der Waals surface area contributed by atoms with Crippen molar-refractivity contribution < 1.29 is 4.42 Å². The molecule has 0 fully saturated rings. The van der Waals surface area contributed by atoms with Gasteiger partial charge in [0, 0.05) is 22.6 Å². The highest BCUT2D eigenvalue weighted by atomic mass is 35.5. The third-order valence-electron chi connectivity index (χ3n) is 5.03. The lowest BCUT2D eigenvalue weighted by Gasteiger charge is -2.02. The third kappa shape index (κ3) is 3.94. The van der Waals surface area contributed by atoms with Crippen LogP contribution in [-0.2, 0) is 0 Å². The standard InChI is InChI=1S/C26H14Cl2N2OS/c27-22-7-3-6-21(25(22)28)24-11-10-20(31-24)13-19(14-29)26-30-23(15-32-26)18-9-8-16-4-1-2-5-17(16)12-18/h1-13,15H/b19-13+. The Kier molecular flexibility index (Phi) is 5.55. The minimum Gasteiger partial charge on any atom is -0.457 e. The molecule has 0 N–H and O–H groups in total. The summed E-state index contributed by atoms with van der Waals surface area (Å²) in [6, 6.07) is 25.6. The maximum Gasteiger partial charge on any atom is 0.136 e. The van der Waals surface area contributed by atoms with E-state index in [1.54, 1.807) is 24.3 Å². The molecule has 0 atom stereocenters. The number of halogens is 2. The topological polar surface area (TPSA) is 49.8 Å². The summed E-state index contributed by atoms with van der Waals surface area (Å²) in [4.78, 5) is 4.69. The van der Waals surface area contributed by atoms with Crippen LogP contribution in [0.2, 0.25) is 10.0 Å². The van der Waals surface area contributed by atoms with Crippen molar-refractivity contribution in [2.45, 2.75) is 0 Å². The first kappa shape index (κ1) is 20.5. The van der Waals surface area contributed by atoms with E-state index in [2.05, 4.69) is 30.3 Å². The number of hydrogen-bond acceptors (Lipinski definition) is 4. The summed E-state index contributed by atoms with van der Waals surface area (Å²) in [5.41, 5.74) is 2.98. The van der Waals surface area contributed by atoms with Crippen molar-refractivity contribution in [1.29, 1.82) is 5.26 Å². The van der Waals surface area contributed by atoms with E-state index in [9.17, 15) is 5.26 Å². The summed E-state index contributed by atoms with van der Waals surface area (Å²) in [7, 11) is 0. The Balaban J connectivity index is 1.46. The Morgan fingerprint density at radius 3 is 2.66 bits per heavy atom. The van der Waals surface area contributed by atoms with Crippen LogP contribution in [0.25, 0.3) is 45.0 Å². The molecule has 2 heterocycles. The van der Waals surface area contributed by atoms with Gasteiger partial charge < -0.3 is 4.42 Å². The van der Waals surface area contributed by atoms with Gasteiger partial charge in [-0.2, -0.15) is 5.26 Å². The van der Waals surface area contributed by atoms with Crippen LogP contribution in [0.15, 0.2) is 82.6 Å². The number of nitriles is 1. The van der Waals surface area contributed by atoms with Gasteiger partial charge in [0.15, 0.2) is 0 Å². The Morgan fingerprint density at radius 1 is 0.969 bits per heavy atom. The van der Waals surface area contributed by atoms with Crippen LogP contribution in [0.4, 0.5) is 0 Å². The second-order valence-electron chi connectivity index (χ2n) is 7.07. The Morgan fingerprint density at radius 2 is 1.81 bits per heavy atom. The van der Waals surface area contributed by atoms with E-state index in [1.165, 1.54) is 16.7 Å². The minimum atomic E-state index is 0.430. The largest absolute Gasteiger partial charge is 0.457 e. The molecule has 3 aromatic carbocycles. The molecule has 3 nitrogen and oxygen atoms in total. The van der Waals surface area contributed by atoms with Gasteiger partial charge in [-0.15, -0.1) is 11.3 Å². The van der Waals surface area contributed by atoms with Gasteiger partial charge in [-0.1, -0.05) is 65.7 Å². The molecule has 0 saturated carbocycles. The van der Waals surface area contributed by atoms with Crippen LogP contribution in [0.1, 0.15) is 10.8 Å². The molecule has 6 heteroatoms. The SMILES string of the molecule is N#C/C(=C\c1ccc(-c2cccc(Cl)c2Cl)o1)c1nc(-c2ccc3ccccc3c2)cs1. The summed E-state index contributed by atoms with van der Waals surface area (Å²) in [6.45, 7) is 0. The summed E-state index contributed by atoms with van der Waals surface area (Å²) >= 11 is 13.8. The number of nitrogens with zero attached hydrogens (tertiary/aromatic N) is 2. The first-order valence-electron chi connectivity index (χ1n) is 9.73. The second kappa shape index (κ2) is 8.64. The predicted octanol–water partition coefficient (Wildman–Crippen LogP) is 8.59. The lowest BCUT2D eigenvalue weighted by atomic mass is 10.1. The van der Waals surface area contributed by atoms with Crippen LogP contribution < -0.4 is 0 Å². The second-order valence-corrected chi connectivity index (χ2v) is 8.72. The van der Waals surface area contributed by atoms with Crippen molar-refractivity contribution in [3.8, 4) is 28.7 Å². The molecule has 154 valence electrons. The van der Waals surface area contributed by atoms with Gasteiger partial charge in [0.1, 0.15) is 22.6 Å². The Hall–Kier alpha value is -3.36. The van der Waals surface area contributed by atoms with Gasteiger partial charge in [-0.25, -0.2) is 4.98 Å². The molecule has 5 rings (SSSR count). The number of rotatable bonds is 4. The van der Waals surface area contributed by atoms with Crippen molar-refractivity contribution in [3.63, 3.8) is 0 Å². The van der Waals surface area contributed by atoms with E-state index in [1.807, 2.05) is 35.7 Å². The Bertz CT molecular complexity index is 1520. The van der Waals surface area contributed by atoms with E-state index < -0.39 is 0 Å². The number of thiazole rings is 1. The average molecular weight is 473 g/mol. The van der Waals surface area contributed by atoms with E-state index in [4.69, 9.17) is 32.6 Å². The van der Waals surface area contributed by atoms with Crippen molar-refractivity contribution in [3.05, 3.63) is 99.0 Å². The van der Waals surface area contributed by atoms with Gasteiger partial charge in [-0.05, 0) is 41.1 Å². The number of hydrogen-bond donors (Lipinski definition) is 0. The quantitative estimate of drug-likeness (QED) is 0.246. The predicted molar refractivity (Wildman–Crippen MR) is 133 cm³/mol. The molecule has 0 radical (unpaired) electrons. The molecule has 0 aliphatic rings. The highest BCUT2D eigenvalue weighted by molar-refractivity contribution is 7.11. The number of benzene rings is 3. The first-order valence-corrected chi connectivity index (χ1v) is 11.4. The van der Waals surface area contributed by atoms with E-state index in [0.717, 1.165) is 16.6 Å². The van der Waals surface area contributed by atoms with Crippen molar-refractivity contribution in [2.75, 3.05) is 0 Å². The van der Waals surface area contributed by atoms with E-state index in [0.29, 0.717) is 37.7 Å². The molecule has 0 spiro atoms. The monoisotopic (exact) mass is 472 g/mol. The highest BCUT2D eigenvalue weighted by Gasteiger charge is 2.13. The first-order chi connectivity index (χ1) is 15.6. The van der Waals surface area contributed by atoms with Gasteiger partial charge >= 0.3 is 0 Å². The van der Waals surface area contributed by atoms with Crippen molar-refractivity contribution >= 4 is 57.0 Å². The van der Waals surface area contributed by atoms with Crippen LogP contribution in [0.3, 0.4) is 0 Å². The molecule has 32 heavy (non-hydrogen) atoms. The zero-order chi connectivity index (χ0) is 22.1. The van der Waals surface area contributed by atoms with Gasteiger partial charge in [0.2, 0.25) is 0 Å². The van der Waals surface area contributed by atoms with Gasteiger partial charge in [0.25, 0.3) is 0 Å². The molecule has 0 aliphatic carbocycles. The van der Waals surface area contributed by atoms with Crippen molar-refractivity contribution in [2.24, 2.45) is 0 Å². The fourth-order valence-electron chi connectivity index (χ4n) is 3.43. The summed E-state index contributed by atoms with van der Waals surface area (Å²) in [5, 5.41) is 15.5. The molecule has 0 bridgehead atoms. The number of fused-ring (bicyclic) bond motifs is 1. The smallest absolute Gasteiger partial charge is 0.136 e. The van der Waals surface area contributed by atoms with E-state index >= 15 is 0 Å². The zero-order valence-corrected chi connectivity index (χ0v) is 18.9. The molecule has 0 amide bonds. The normalized spacial score (nSPS) is 11.6. The summed E-state index contributed by atoms with van der Waals surface area (Å²) in [6.07, 6.45) is 1.69. The lowest BCUT2D eigenvalue weighted by molar-refractivity contribution is 0.572. The maximum atomic E-state index is 9.73. The van der Waals surface area contributed by atoms with Crippen LogP contribution in [0, 0.1) is 11.3 Å². The molecular formula is C26H14Cl2N2OS. The molecule has 5 aromatic rings. The lowest BCUT2D eigenvalue weighted by Crippen LogP contribution is -1.83. The highest BCUT2D eigenvalue weighted by Crippen LogP contribution is 2.35. The number of aromatic nitrogens is 1. The number of furan rings is 1. The summed E-state index contributed by atoms with van der Waals surface area (Å²) < 4.78 is 5.91. The fraction of sp³-hybridized carbons (Fsp3) is 0. The van der Waals surface area contributed by atoms with Crippen LogP contribution >= 0.6 is 34.5 Å². The Labute approximate surface area is 198 Å². The average Bonchev–Trinajstić information content (AvgIpc) is 3.49. The van der Waals surface area contributed by atoms with Crippen LogP contribution in [0.5, 0.6) is 0 Å². The maximum absolute atomic E-state index is 9.73. The van der Waals surface area contributed by atoms with Crippen LogP contribution in [-0.4, -0.2) is 4.98 Å². The minimum absolute atomic E-state index is 0.430. The number of allylic oxidation sites excluding steroid dienone is 1. The molecular weight excluding hydrogens is 459 g/mol. The zero-order valence-electron chi connectivity index (χ0n) is 16.5. The van der Waals surface area contributed by atoms with Crippen molar-refractivity contribution in [1.82, 2.24) is 4.98 Å². The third-order valence-corrected chi connectivity index (χ3v) is 6.73. The molecule has 2 aromatic heterocycles. The van der Waals surface area contributed by atoms with E-state index in [-0.39, 0.29) is 0 Å².